The normalized spacial score (nSPS) is 15.4. The van der Waals surface area contributed by atoms with Gasteiger partial charge in [-0.1, -0.05) is 24.6 Å². The maximum Gasteiger partial charge on any atom is 0.226 e. The van der Waals surface area contributed by atoms with Crippen LogP contribution in [0, 0.1) is 6.92 Å². The van der Waals surface area contributed by atoms with Gasteiger partial charge in [0.25, 0.3) is 0 Å². The maximum absolute atomic E-state index is 12.3. The van der Waals surface area contributed by atoms with Gasteiger partial charge in [-0.05, 0) is 54.9 Å². The number of rotatable bonds is 6. The summed E-state index contributed by atoms with van der Waals surface area (Å²) in [7, 11) is 0. The molecule has 0 atom stereocenters. The highest BCUT2D eigenvalue weighted by Crippen LogP contribution is 2.20. The lowest BCUT2D eigenvalue weighted by Gasteiger charge is -2.27. The summed E-state index contributed by atoms with van der Waals surface area (Å²) < 4.78 is 1.64. The minimum absolute atomic E-state index is 0.0176. The molecule has 0 saturated carbocycles. The Bertz CT molecular complexity index is 677. The Balaban J connectivity index is 1.57. The summed E-state index contributed by atoms with van der Waals surface area (Å²) in [5, 5.41) is 14.3. The molecule has 3 rings (SSSR count). The van der Waals surface area contributed by atoms with Gasteiger partial charge in [-0.25, -0.2) is 4.68 Å². The first-order chi connectivity index (χ1) is 11.7. The monoisotopic (exact) mass is 328 g/mol. The van der Waals surface area contributed by atoms with Crippen LogP contribution in [0.3, 0.4) is 0 Å². The molecule has 1 aliphatic heterocycles. The molecule has 0 spiro atoms. The molecule has 7 heteroatoms. The standard InChI is InChI=1S/C17H24N6O/c1-14-19-20-21-23(14)12-9-17(24)18-16-8-4-3-7-15(16)13-22-10-5-2-6-11-22/h3-4,7-8H,2,5-6,9-13H2,1H3,(H,18,24). The third-order valence-electron chi connectivity index (χ3n) is 4.40. The summed E-state index contributed by atoms with van der Waals surface area (Å²) in [4.78, 5) is 14.7. The van der Waals surface area contributed by atoms with E-state index in [2.05, 4.69) is 31.8 Å². The molecule has 1 saturated heterocycles. The molecule has 0 radical (unpaired) electrons. The van der Waals surface area contributed by atoms with Crippen LogP contribution >= 0.6 is 0 Å². The van der Waals surface area contributed by atoms with E-state index in [0.29, 0.717) is 18.8 Å². The van der Waals surface area contributed by atoms with Crippen LogP contribution in [-0.4, -0.2) is 44.1 Å². The van der Waals surface area contributed by atoms with Gasteiger partial charge in [0.1, 0.15) is 5.82 Å². The van der Waals surface area contributed by atoms with Gasteiger partial charge < -0.3 is 5.32 Å². The summed E-state index contributed by atoms with van der Waals surface area (Å²) in [5.74, 6) is 0.698. The van der Waals surface area contributed by atoms with Crippen molar-refractivity contribution in [2.24, 2.45) is 0 Å². The molecule has 128 valence electrons. The molecule has 1 fully saturated rings. The van der Waals surface area contributed by atoms with Crippen molar-refractivity contribution in [1.82, 2.24) is 25.1 Å². The molecule has 24 heavy (non-hydrogen) atoms. The number of tetrazole rings is 1. The van der Waals surface area contributed by atoms with Gasteiger partial charge in [-0.2, -0.15) is 0 Å². The number of likely N-dealkylation sites (tertiary alicyclic amines) is 1. The predicted octanol–water partition coefficient (Wildman–Crippen LogP) is 2.00. The van der Waals surface area contributed by atoms with Gasteiger partial charge in [0.05, 0.1) is 6.54 Å². The minimum atomic E-state index is -0.0176. The van der Waals surface area contributed by atoms with E-state index in [0.717, 1.165) is 25.3 Å². The van der Waals surface area contributed by atoms with Crippen LogP contribution < -0.4 is 5.32 Å². The quantitative estimate of drug-likeness (QED) is 0.878. The highest BCUT2D eigenvalue weighted by atomic mass is 16.1. The summed E-state index contributed by atoms with van der Waals surface area (Å²) in [6, 6.07) is 8.05. The number of nitrogens with one attached hydrogen (secondary N) is 1. The zero-order chi connectivity index (χ0) is 16.8. The van der Waals surface area contributed by atoms with E-state index < -0.39 is 0 Å². The number of nitrogens with zero attached hydrogens (tertiary/aromatic N) is 5. The van der Waals surface area contributed by atoms with Crippen molar-refractivity contribution in [3.8, 4) is 0 Å². The Morgan fingerprint density at radius 3 is 2.75 bits per heavy atom. The largest absolute Gasteiger partial charge is 0.326 e. The van der Waals surface area contributed by atoms with Crippen molar-refractivity contribution in [2.75, 3.05) is 18.4 Å². The van der Waals surface area contributed by atoms with E-state index >= 15 is 0 Å². The van der Waals surface area contributed by atoms with Crippen LogP contribution in [0.1, 0.15) is 37.1 Å². The number of amides is 1. The Morgan fingerprint density at radius 2 is 2.00 bits per heavy atom. The third-order valence-corrected chi connectivity index (χ3v) is 4.40. The first-order valence-corrected chi connectivity index (χ1v) is 8.55. The van der Waals surface area contributed by atoms with Crippen molar-refractivity contribution in [2.45, 2.75) is 45.7 Å². The highest BCUT2D eigenvalue weighted by Gasteiger charge is 2.13. The number of para-hydroxylation sites is 1. The number of carbonyl (C=O) groups excluding carboxylic acids is 1. The molecule has 1 N–H and O–H groups in total. The Hall–Kier alpha value is -2.28. The second-order valence-electron chi connectivity index (χ2n) is 6.24. The molecule has 1 aromatic heterocycles. The number of hydrogen-bond donors (Lipinski definition) is 1. The van der Waals surface area contributed by atoms with E-state index in [1.54, 1.807) is 4.68 Å². The number of carbonyl (C=O) groups is 1. The van der Waals surface area contributed by atoms with Crippen LogP contribution in [-0.2, 0) is 17.9 Å². The lowest BCUT2D eigenvalue weighted by Crippen LogP contribution is -2.29. The molecule has 0 unspecified atom stereocenters. The molecular weight excluding hydrogens is 304 g/mol. The van der Waals surface area contributed by atoms with Crippen molar-refractivity contribution in [1.29, 1.82) is 0 Å². The second kappa shape index (κ2) is 8.01. The fourth-order valence-corrected chi connectivity index (χ4v) is 3.01. The van der Waals surface area contributed by atoms with E-state index in [1.165, 1.54) is 24.8 Å². The lowest BCUT2D eigenvalue weighted by atomic mass is 10.1. The molecule has 1 aliphatic rings. The van der Waals surface area contributed by atoms with Gasteiger partial charge in [-0.3, -0.25) is 9.69 Å². The summed E-state index contributed by atoms with van der Waals surface area (Å²) in [6.07, 6.45) is 4.20. The van der Waals surface area contributed by atoms with Gasteiger partial charge in [0, 0.05) is 18.7 Å². The topological polar surface area (TPSA) is 75.9 Å². The predicted molar refractivity (Wildman–Crippen MR) is 91.4 cm³/mol. The molecule has 7 nitrogen and oxygen atoms in total. The second-order valence-corrected chi connectivity index (χ2v) is 6.24. The van der Waals surface area contributed by atoms with Crippen LogP contribution in [0.4, 0.5) is 5.69 Å². The average molecular weight is 328 g/mol. The van der Waals surface area contributed by atoms with Crippen molar-refractivity contribution in [3.63, 3.8) is 0 Å². The van der Waals surface area contributed by atoms with E-state index in [1.807, 2.05) is 25.1 Å². The van der Waals surface area contributed by atoms with Crippen LogP contribution in [0.2, 0.25) is 0 Å². The number of aromatic nitrogens is 4. The Morgan fingerprint density at radius 1 is 1.21 bits per heavy atom. The van der Waals surface area contributed by atoms with E-state index in [4.69, 9.17) is 0 Å². The SMILES string of the molecule is Cc1nnnn1CCC(=O)Nc1ccccc1CN1CCCCC1. The molecule has 1 aromatic carbocycles. The number of hydrogen-bond acceptors (Lipinski definition) is 5. The fraction of sp³-hybridized carbons (Fsp3) is 0.529. The van der Waals surface area contributed by atoms with Gasteiger partial charge in [-0.15, -0.1) is 5.10 Å². The Kier molecular flexibility index (Phi) is 5.53. The van der Waals surface area contributed by atoms with Gasteiger partial charge in [0.15, 0.2) is 0 Å². The summed E-state index contributed by atoms with van der Waals surface area (Å²) >= 11 is 0. The van der Waals surface area contributed by atoms with Gasteiger partial charge >= 0.3 is 0 Å². The van der Waals surface area contributed by atoms with E-state index in [9.17, 15) is 4.79 Å². The zero-order valence-corrected chi connectivity index (χ0v) is 14.1. The van der Waals surface area contributed by atoms with Crippen LogP contribution in [0.25, 0.3) is 0 Å². The third kappa shape index (κ3) is 4.38. The van der Waals surface area contributed by atoms with Crippen molar-refractivity contribution < 1.29 is 4.79 Å². The number of benzene rings is 1. The smallest absolute Gasteiger partial charge is 0.226 e. The van der Waals surface area contributed by atoms with Crippen molar-refractivity contribution >= 4 is 11.6 Å². The summed E-state index contributed by atoms with van der Waals surface area (Å²) in [5.41, 5.74) is 2.08. The summed E-state index contributed by atoms with van der Waals surface area (Å²) in [6.45, 7) is 5.48. The lowest BCUT2D eigenvalue weighted by molar-refractivity contribution is -0.116. The molecule has 1 amide bonds. The maximum atomic E-state index is 12.3. The number of piperidine rings is 1. The minimum Gasteiger partial charge on any atom is -0.326 e. The first kappa shape index (κ1) is 16.6. The van der Waals surface area contributed by atoms with Crippen molar-refractivity contribution in [3.05, 3.63) is 35.7 Å². The first-order valence-electron chi connectivity index (χ1n) is 8.55. The Labute approximate surface area is 142 Å². The number of aryl methyl sites for hydroxylation is 2. The zero-order valence-electron chi connectivity index (χ0n) is 14.1. The van der Waals surface area contributed by atoms with E-state index in [-0.39, 0.29) is 5.91 Å². The fourth-order valence-electron chi connectivity index (χ4n) is 3.01. The number of anilines is 1. The van der Waals surface area contributed by atoms with Crippen LogP contribution in [0.15, 0.2) is 24.3 Å². The highest BCUT2D eigenvalue weighted by molar-refractivity contribution is 5.91. The van der Waals surface area contributed by atoms with Crippen LogP contribution in [0.5, 0.6) is 0 Å². The molecule has 2 heterocycles. The molecule has 0 aliphatic carbocycles. The average Bonchev–Trinajstić information content (AvgIpc) is 3.01. The molecule has 0 bridgehead atoms. The molecule has 2 aromatic rings. The van der Waals surface area contributed by atoms with Gasteiger partial charge in [0.2, 0.25) is 5.91 Å². The molecular formula is C17H24N6O.